The zero-order chi connectivity index (χ0) is 24.6. The molecule has 2 aliphatic rings. The van der Waals surface area contributed by atoms with Gasteiger partial charge in [0.05, 0.1) is 0 Å². The van der Waals surface area contributed by atoms with Crippen LogP contribution in [0.4, 0.5) is 0 Å². The van der Waals surface area contributed by atoms with Crippen LogP contribution in [-0.2, 0) is 32.9 Å². The van der Waals surface area contributed by atoms with Crippen LogP contribution >= 0.6 is 0 Å². The van der Waals surface area contributed by atoms with Crippen LogP contribution in [0, 0.1) is 0 Å². The number of carbonyl (C=O) groups is 5. The molecule has 176 valence electrons. The minimum Gasteiger partial charge on any atom is -0.345 e. The van der Waals surface area contributed by atoms with Gasteiger partial charge in [-0.3, -0.25) is 29.3 Å². The molecule has 2 aliphatic heterocycles. The largest absolute Gasteiger partial charge is 0.345 e. The molecule has 2 aromatic rings. The first kappa shape index (κ1) is 23.4. The fourth-order valence-electron chi connectivity index (χ4n) is 4.33. The lowest BCUT2D eigenvalue weighted by Crippen LogP contribution is -2.52. The Kier molecular flexibility index (Phi) is 6.08. The topological polar surface area (TPSA) is 113 Å². The van der Waals surface area contributed by atoms with Gasteiger partial charge in [-0.1, -0.05) is 51.1 Å². The lowest BCUT2D eigenvalue weighted by atomic mass is 9.86. The van der Waals surface area contributed by atoms with Gasteiger partial charge in [-0.15, -0.1) is 0 Å². The molecule has 0 spiro atoms. The van der Waals surface area contributed by atoms with Gasteiger partial charge in [0.2, 0.25) is 17.6 Å². The van der Waals surface area contributed by atoms with Crippen LogP contribution in [0.3, 0.4) is 0 Å². The second kappa shape index (κ2) is 8.85. The first-order valence-electron chi connectivity index (χ1n) is 11.2. The Balaban J connectivity index is 1.47. The van der Waals surface area contributed by atoms with E-state index in [-0.39, 0.29) is 43.2 Å². The molecule has 1 saturated heterocycles. The first-order valence-corrected chi connectivity index (χ1v) is 11.2. The lowest BCUT2D eigenvalue weighted by Gasteiger charge is -2.29. The van der Waals surface area contributed by atoms with Gasteiger partial charge >= 0.3 is 0 Å². The Hall–Kier alpha value is -3.81. The summed E-state index contributed by atoms with van der Waals surface area (Å²) >= 11 is 0. The molecule has 4 rings (SSSR count). The summed E-state index contributed by atoms with van der Waals surface area (Å²) in [5.41, 5.74) is 2.99. The first-order chi connectivity index (χ1) is 16.1. The fraction of sp³-hybridized carbons (Fsp3) is 0.346. The van der Waals surface area contributed by atoms with Gasteiger partial charge in [0.15, 0.2) is 0 Å². The van der Waals surface area contributed by atoms with Gasteiger partial charge in [0, 0.05) is 30.6 Å². The van der Waals surface area contributed by atoms with Crippen molar-refractivity contribution in [1.29, 1.82) is 0 Å². The summed E-state index contributed by atoms with van der Waals surface area (Å²) in [4.78, 5) is 63.4. The summed E-state index contributed by atoms with van der Waals surface area (Å²) in [5.74, 6) is -2.45. The number of piperidine rings is 1. The number of hydrogen-bond donors (Lipinski definition) is 2. The third-order valence-corrected chi connectivity index (χ3v) is 6.32. The zero-order valence-corrected chi connectivity index (χ0v) is 19.4. The molecule has 0 saturated carbocycles. The number of nitrogens with zero attached hydrogens (tertiary/aromatic N) is 1. The predicted octanol–water partition coefficient (Wildman–Crippen LogP) is 2.24. The van der Waals surface area contributed by atoms with Crippen molar-refractivity contribution in [2.75, 3.05) is 0 Å². The summed E-state index contributed by atoms with van der Waals surface area (Å²) in [6.07, 6.45) is 0.455. The van der Waals surface area contributed by atoms with Crippen molar-refractivity contribution in [1.82, 2.24) is 15.5 Å². The number of nitrogens with one attached hydrogen (secondary N) is 2. The van der Waals surface area contributed by atoms with E-state index in [4.69, 9.17) is 0 Å². The highest BCUT2D eigenvalue weighted by Gasteiger charge is 2.39. The van der Waals surface area contributed by atoms with Crippen LogP contribution in [0.15, 0.2) is 42.5 Å². The number of imide groups is 1. The van der Waals surface area contributed by atoms with Crippen LogP contribution in [0.25, 0.3) is 0 Å². The Bertz CT molecular complexity index is 1210. The molecule has 0 aliphatic carbocycles. The smallest absolute Gasteiger partial charge is 0.292 e. The molecule has 2 N–H and O–H groups in total. The Labute approximate surface area is 197 Å². The maximum atomic E-state index is 12.9. The maximum absolute atomic E-state index is 12.9. The van der Waals surface area contributed by atoms with Gasteiger partial charge < -0.3 is 10.2 Å². The highest BCUT2D eigenvalue weighted by Crippen LogP contribution is 2.30. The van der Waals surface area contributed by atoms with Crippen molar-refractivity contribution in [3.05, 3.63) is 70.3 Å². The average Bonchev–Trinajstić information content (AvgIpc) is 3.13. The quantitative estimate of drug-likeness (QED) is 0.403. The minimum atomic E-state index is -0.727. The maximum Gasteiger partial charge on any atom is 0.292 e. The second-order valence-corrected chi connectivity index (χ2v) is 9.69. The van der Waals surface area contributed by atoms with Gasteiger partial charge in [0.1, 0.15) is 6.04 Å². The molecule has 0 bridgehead atoms. The van der Waals surface area contributed by atoms with Crippen LogP contribution < -0.4 is 10.6 Å². The molecule has 0 aromatic heterocycles. The van der Waals surface area contributed by atoms with Gasteiger partial charge in [-0.25, -0.2) is 0 Å². The molecule has 1 atom stereocenters. The van der Waals surface area contributed by atoms with E-state index in [1.54, 1.807) is 36.4 Å². The SMILES string of the molecule is CC(C)(C)c1cccc(C(=O)C(=O)NCc2cccc3c2CN(C2CCC(=O)NC2=O)C3=O)c1. The van der Waals surface area contributed by atoms with Crippen molar-refractivity contribution in [3.63, 3.8) is 0 Å². The van der Waals surface area contributed by atoms with E-state index in [0.29, 0.717) is 22.3 Å². The number of rotatable bonds is 5. The molecule has 0 radical (unpaired) electrons. The van der Waals surface area contributed by atoms with E-state index in [0.717, 1.165) is 5.56 Å². The number of fused-ring (bicyclic) bond motifs is 1. The highest BCUT2D eigenvalue weighted by atomic mass is 16.2. The number of carbonyl (C=O) groups excluding carboxylic acids is 5. The van der Waals surface area contributed by atoms with Crippen molar-refractivity contribution in [2.24, 2.45) is 0 Å². The van der Waals surface area contributed by atoms with Crippen molar-refractivity contribution >= 4 is 29.4 Å². The van der Waals surface area contributed by atoms with Crippen molar-refractivity contribution < 1.29 is 24.0 Å². The molecule has 1 fully saturated rings. The van der Waals surface area contributed by atoms with Crippen LogP contribution in [0.1, 0.15) is 71.0 Å². The Morgan fingerprint density at radius 2 is 1.82 bits per heavy atom. The van der Waals surface area contributed by atoms with Crippen LogP contribution in [0.5, 0.6) is 0 Å². The minimum absolute atomic E-state index is 0.0726. The van der Waals surface area contributed by atoms with Crippen molar-refractivity contribution in [2.45, 2.75) is 58.2 Å². The molecular weight excluding hydrogens is 434 g/mol. The van der Waals surface area contributed by atoms with Crippen LogP contribution in [-0.4, -0.2) is 40.4 Å². The molecular formula is C26H27N3O5. The monoisotopic (exact) mass is 461 g/mol. The molecule has 1 unspecified atom stereocenters. The number of Topliss-reactive ketones (excluding diaryl/α,β-unsaturated/α-hetero) is 1. The number of benzene rings is 2. The van der Waals surface area contributed by atoms with E-state index < -0.39 is 23.6 Å². The highest BCUT2D eigenvalue weighted by molar-refractivity contribution is 6.42. The van der Waals surface area contributed by atoms with Gasteiger partial charge in [-0.2, -0.15) is 0 Å². The summed E-state index contributed by atoms with van der Waals surface area (Å²) in [5, 5.41) is 4.95. The third-order valence-electron chi connectivity index (χ3n) is 6.32. The third kappa shape index (κ3) is 4.48. The fourth-order valence-corrected chi connectivity index (χ4v) is 4.33. The van der Waals surface area contributed by atoms with E-state index >= 15 is 0 Å². The lowest BCUT2D eigenvalue weighted by molar-refractivity contribution is -0.136. The number of ketones is 1. The van der Waals surface area contributed by atoms with Crippen molar-refractivity contribution in [3.8, 4) is 0 Å². The molecule has 2 aromatic carbocycles. The zero-order valence-electron chi connectivity index (χ0n) is 19.4. The molecule has 4 amide bonds. The summed E-state index contributed by atoms with van der Waals surface area (Å²) < 4.78 is 0. The van der Waals surface area contributed by atoms with Gasteiger partial charge in [-0.05, 0) is 40.7 Å². The Morgan fingerprint density at radius 1 is 1.09 bits per heavy atom. The summed E-state index contributed by atoms with van der Waals surface area (Å²) in [7, 11) is 0. The molecule has 8 nitrogen and oxygen atoms in total. The van der Waals surface area contributed by atoms with E-state index in [1.807, 2.05) is 26.8 Å². The Morgan fingerprint density at radius 3 is 2.53 bits per heavy atom. The molecule has 2 heterocycles. The van der Waals surface area contributed by atoms with Gasteiger partial charge in [0.25, 0.3) is 11.8 Å². The predicted molar refractivity (Wildman–Crippen MR) is 124 cm³/mol. The average molecular weight is 462 g/mol. The number of amides is 4. The number of hydrogen-bond acceptors (Lipinski definition) is 5. The summed E-state index contributed by atoms with van der Waals surface area (Å²) in [6.45, 7) is 6.38. The van der Waals surface area contributed by atoms with E-state index in [2.05, 4.69) is 10.6 Å². The van der Waals surface area contributed by atoms with Crippen LogP contribution in [0.2, 0.25) is 0 Å². The molecule has 8 heteroatoms. The van der Waals surface area contributed by atoms with E-state index in [1.165, 1.54) is 4.90 Å². The normalized spacial score (nSPS) is 17.9. The standard InChI is InChI=1S/C26H27N3O5/c1-26(2,3)17-8-4-6-15(12-17)22(31)24(33)27-13-16-7-5-9-18-19(16)14-29(25(18)34)20-10-11-21(30)28-23(20)32/h4-9,12,20H,10-11,13-14H2,1-3H3,(H,27,33)(H,28,30,32). The second-order valence-electron chi connectivity index (χ2n) is 9.69. The molecule has 34 heavy (non-hydrogen) atoms. The van der Waals surface area contributed by atoms with E-state index in [9.17, 15) is 24.0 Å². The summed E-state index contributed by atoms with van der Waals surface area (Å²) in [6, 6.07) is 11.5.